The van der Waals surface area contributed by atoms with E-state index in [1.165, 1.54) is 6.08 Å². The lowest BCUT2D eigenvalue weighted by Crippen LogP contribution is -2.34. The first kappa shape index (κ1) is 19.2. The fourth-order valence-electron chi connectivity index (χ4n) is 2.56. The Morgan fingerprint density at radius 3 is 2.42 bits per heavy atom. The highest BCUT2D eigenvalue weighted by Crippen LogP contribution is 2.18. The van der Waals surface area contributed by atoms with E-state index in [9.17, 15) is 9.59 Å². The topological polar surface area (TPSA) is 72.6 Å². The maximum absolute atomic E-state index is 12.6. The van der Waals surface area contributed by atoms with Gasteiger partial charge in [-0.15, -0.1) is 0 Å². The van der Waals surface area contributed by atoms with Crippen LogP contribution in [0.25, 0.3) is 6.08 Å². The number of amides is 2. The number of nitrogens with zero attached hydrogens (tertiary/aromatic N) is 1. The SMILES string of the molecule is COc1ccccc1/C=C/C(=O)N(CCC(N)=O)CCc1ccccc1. The van der Waals surface area contributed by atoms with E-state index in [4.69, 9.17) is 10.5 Å². The predicted molar refractivity (Wildman–Crippen MR) is 103 cm³/mol. The standard InChI is InChI=1S/C21H24N2O3/c1-26-19-10-6-5-9-18(19)11-12-21(25)23(16-14-20(22)24)15-13-17-7-3-2-4-8-17/h2-12H,13-16H2,1H3,(H2,22,24)/b12-11+. The van der Waals surface area contributed by atoms with Crippen molar-refractivity contribution in [1.82, 2.24) is 4.90 Å². The molecule has 2 rings (SSSR count). The summed E-state index contributed by atoms with van der Waals surface area (Å²) in [5, 5.41) is 0. The first-order chi connectivity index (χ1) is 12.6. The van der Waals surface area contributed by atoms with Crippen LogP contribution in [0.2, 0.25) is 0 Å². The van der Waals surface area contributed by atoms with Crippen LogP contribution >= 0.6 is 0 Å². The molecule has 2 amide bonds. The van der Waals surface area contributed by atoms with Crippen molar-refractivity contribution >= 4 is 17.9 Å². The summed E-state index contributed by atoms with van der Waals surface area (Å²) in [6.07, 6.45) is 4.08. The summed E-state index contributed by atoms with van der Waals surface area (Å²) in [6.45, 7) is 0.823. The zero-order chi connectivity index (χ0) is 18.8. The molecule has 0 saturated heterocycles. The van der Waals surface area contributed by atoms with E-state index in [0.717, 1.165) is 11.1 Å². The minimum absolute atomic E-state index is 0.142. The molecule has 5 nitrogen and oxygen atoms in total. The molecule has 0 saturated carbocycles. The van der Waals surface area contributed by atoms with Crippen LogP contribution in [0, 0.1) is 0 Å². The Labute approximate surface area is 154 Å². The molecule has 2 aromatic rings. The van der Waals surface area contributed by atoms with E-state index >= 15 is 0 Å². The third kappa shape index (κ3) is 6.09. The number of carbonyl (C=O) groups excluding carboxylic acids is 2. The number of nitrogens with two attached hydrogens (primary N) is 1. The molecule has 2 aromatic carbocycles. The molecule has 0 unspecified atom stereocenters. The van der Waals surface area contributed by atoms with E-state index in [2.05, 4.69) is 0 Å². The van der Waals surface area contributed by atoms with Crippen molar-refractivity contribution in [3.05, 3.63) is 71.8 Å². The fourth-order valence-corrected chi connectivity index (χ4v) is 2.56. The predicted octanol–water partition coefficient (Wildman–Crippen LogP) is 2.66. The minimum atomic E-state index is -0.420. The van der Waals surface area contributed by atoms with E-state index in [1.807, 2.05) is 54.6 Å². The Balaban J connectivity index is 2.06. The van der Waals surface area contributed by atoms with Crippen LogP contribution in [-0.4, -0.2) is 36.9 Å². The Kier molecular flexibility index (Phi) is 7.43. The maximum atomic E-state index is 12.6. The minimum Gasteiger partial charge on any atom is -0.496 e. The second-order valence-corrected chi connectivity index (χ2v) is 5.85. The van der Waals surface area contributed by atoms with Gasteiger partial charge in [0.05, 0.1) is 7.11 Å². The number of ether oxygens (including phenoxy) is 1. The van der Waals surface area contributed by atoms with Gasteiger partial charge in [0.25, 0.3) is 0 Å². The number of rotatable bonds is 9. The van der Waals surface area contributed by atoms with Crippen LogP contribution in [-0.2, 0) is 16.0 Å². The van der Waals surface area contributed by atoms with Crippen molar-refractivity contribution in [1.29, 1.82) is 0 Å². The molecular formula is C21H24N2O3. The highest BCUT2D eigenvalue weighted by atomic mass is 16.5. The third-order valence-electron chi connectivity index (χ3n) is 4.00. The molecule has 0 fully saturated rings. The maximum Gasteiger partial charge on any atom is 0.246 e. The van der Waals surface area contributed by atoms with Crippen LogP contribution < -0.4 is 10.5 Å². The zero-order valence-corrected chi connectivity index (χ0v) is 14.9. The van der Waals surface area contributed by atoms with Gasteiger partial charge in [0.1, 0.15) is 5.75 Å². The number of benzene rings is 2. The van der Waals surface area contributed by atoms with Gasteiger partial charge in [-0.05, 0) is 24.1 Å². The average Bonchev–Trinajstić information content (AvgIpc) is 2.67. The molecule has 0 aromatic heterocycles. The molecule has 26 heavy (non-hydrogen) atoms. The van der Waals surface area contributed by atoms with Gasteiger partial charge in [-0.3, -0.25) is 9.59 Å². The van der Waals surface area contributed by atoms with Crippen molar-refractivity contribution < 1.29 is 14.3 Å². The molecule has 0 atom stereocenters. The molecule has 0 radical (unpaired) electrons. The summed E-state index contributed by atoms with van der Waals surface area (Å²) < 4.78 is 5.29. The zero-order valence-electron chi connectivity index (χ0n) is 14.9. The average molecular weight is 352 g/mol. The van der Waals surface area contributed by atoms with E-state index in [0.29, 0.717) is 25.3 Å². The lowest BCUT2D eigenvalue weighted by atomic mass is 10.1. The number of primary amides is 1. The van der Waals surface area contributed by atoms with Crippen molar-refractivity contribution in [2.45, 2.75) is 12.8 Å². The number of para-hydroxylation sites is 1. The summed E-state index contributed by atoms with van der Waals surface area (Å²) in [5.74, 6) is 0.119. The van der Waals surface area contributed by atoms with E-state index < -0.39 is 5.91 Å². The van der Waals surface area contributed by atoms with Gasteiger partial charge in [-0.2, -0.15) is 0 Å². The van der Waals surface area contributed by atoms with Gasteiger partial charge in [0, 0.05) is 31.1 Å². The first-order valence-electron chi connectivity index (χ1n) is 8.52. The third-order valence-corrected chi connectivity index (χ3v) is 4.00. The van der Waals surface area contributed by atoms with Crippen molar-refractivity contribution in [3.63, 3.8) is 0 Å². The Morgan fingerprint density at radius 2 is 1.73 bits per heavy atom. The van der Waals surface area contributed by atoms with Crippen LogP contribution in [0.4, 0.5) is 0 Å². The van der Waals surface area contributed by atoms with Gasteiger partial charge >= 0.3 is 0 Å². The van der Waals surface area contributed by atoms with Gasteiger partial charge in [-0.25, -0.2) is 0 Å². The molecule has 0 aliphatic heterocycles. The summed E-state index contributed by atoms with van der Waals surface area (Å²) in [4.78, 5) is 25.4. The molecule has 0 heterocycles. The first-order valence-corrected chi connectivity index (χ1v) is 8.52. The summed E-state index contributed by atoms with van der Waals surface area (Å²) in [5.41, 5.74) is 7.20. The number of carbonyl (C=O) groups is 2. The molecular weight excluding hydrogens is 328 g/mol. The van der Waals surface area contributed by atoms with Crippen LogP contribution in [0.5, 0.6) is 5.75 Å². The lowest BCUT2D eigenvalue weighted by molar-refractivity contribution is -0.126. The fraction of sp³-hybridized carbons (Fsp3) is 0.238. The molecule has 0 aliphatic rings. The van der Waals surface area contributed by atoms with E-state index in [-0.39, 0.29) is 12.3 Å². The largest absolute Gasteiger partial charge is 0.496 e. The summed E-state index contributed by atoms with van der Waals surface area (Å²) in [7, 11) is 1.59. The number of hydrogen-bond acceptors (Lipinski definition) is 3. The highest BCUT2D eigenvalue weighted by molar-refractivity contribution is 5.92. The van der Waals surface area contributed by atoms with Crippen LogP contribution in [0.3, 0.4) is 0 Å². The van der Waals surface area contributed by atoms with E-state index in [1.54, 1.807) is 18.1 Å². The number of hydrogen-bond donors (Lipinski definition) is 1. The summed E-state index contributed by atoms with van der Waals surface area (Å²) >= 11 is 0. The summed E-state index contributed by atoms with van der Waals surface area (Å²) in [6, 6.07) is 17.4. The monoisotopic (exact) mass is 352 g/mol. The quantitative estimate of drug-likeness (QED) is 0.705. The second-order valence-electron chi connectivity index (χ2n) is 5.85. The Morgan fingerprint density at radius 1 is 1.04 bits per heavy atom. The normalized spacial score (nSPS) is 10.7. The van der Waals surface area contributed by atoms with Crippen molar-refractivity contribution in [2.24, 2.45) is 5.73 Å². The Bertz CT molecular complexity index is 757. The van der Waals surface area contributed by atoms with Gasteiger partial charge < -0.3 is 15.4 Å². The van der Waals surface area contributed by atoms with Crippen LogP contribution in [0.15, 0.2) is 60.7 Å². The van der Waals surface area contributed by atoms with Crippen LogP contribution in [0.1, 0.15) is 17.5 Å². The molecule has 0 aliphatic carbocycles. The Hall–Kier alpha value is -3.08. The van der Waals surface area contributed by atoms with Gasteiger partial charge in [0.15, 0.2) is 0 Å². The number of methoxy groups -OCH3 is 1. The van der Waals surface area contributed by atoms with Gasteiger partial charge in [0.2, 0.25) is 11.8 Å². The molecule has 0 bridgehead atoms. The van der Waals surface area contributed by atoms with Crippen molar-refractivity contribution in [3.8, 4) is 5.75 Å². The van der Waals surface area contributed by atoms with Gasteiger partial charge in [-0.1, -0.05) is 48.5 Å². The molecule has 5 heteroatoms. The highest BCUT2D eigenvalue weighted by Gasteiger charge is 2.12. The second kappa shape index (κ2) is 10.0. The molecule has 0 spiro atoms. The van der Waals surface area contributed by atoms with Crippen molar-refractivity contribution in [2.75, 3.05) is 20.2 Å². The smallest absolute Gasteiger partial charge is 0.246 e. The molecule has 2 N–H and O–H groups in total. The lowest BCUT2D eigenvalue weighted by Gasteiger charge is -2.20. The molecule has 136 valence electrons.